The summed E-state index contributed by atoms with van der Waals surface area (Å²) in [5.41, 5.74) is -0.119. The Hall–Kier alpha value is -2.24. The number of benzene rings is 1. The van der Waals surface area contributed by atoms with E-state index in [0.29, 0.717) is 6.61 Å². The molecule has 0 unspecified atom stereocenters. The maximum Gasteiger partial charge on any atom is 0.411 e. The maximum atomic E-state index is 11.4. The SMILES string of the molecule is CCCCOC(=O)Nc1ccc(C(=O)O)c([O-])c1. The number of anilines is 1. The van der Waals surface area contributed by atoms with E-state index in [-0.39, 0.29) is 11.3 Å². The molecule has 0 aliphatic heterocycles. The van der Waals surface area contributed by atoms with Gasteiger partial charge in [-0.1, -0.05) is 19.1 Å². The zero-order chi connectivity index (χ0) is 13.5. The van der Waals surface area contributed by atoms with Gasteiger partial charge in [-0.15, -0.1) is 0 Å². The summed E-state index contributed by atoms with van der Waals surface area (Å²) in [6, 6.07) is 3.53. The fourth-order valence-electron chi connectivity index (χ4n) is 1.24. The molecule has 0 saturated heterocycles. The molecule has 0 radical (unpaired) electrons. The van der Waals surface area contributed by atoms with Crippen LogP contribution in [0.4, 0.5) is 10.5 Å². The second-order valence-corrected chi connectivity index (χ2v) is 3.63. The number of rotatable bonds is 5. The topological polar surface area (TPSA) is 98.7 Å². The van der Waals surface area contributed by atoms with Gasteiger partial charge in [0.05, 0.1) is 12.2 Å². The van der Waals surface area contributed by atoms with E-state index in [4.69, 9.17) is 9.84 Å². The summed E-state index contributed by atoms with van der Waals surface area (Å²) in [6.45, 7) is 2.27. The molecule has 98 valence electrons. The summed E-state index contributed by atoms with van der Waals surface area (Å²) < 4.78 is 4.84. The van der Waals surface area contributed by atoms with Crippen molar-refractivity contribution in [3.8, 4) is 5.75 Å². The van der Waals surface area contributed by atoms with Crippen LogP contribution < -0.4 is 10.4 Å². The number of hydrogen-bond acceptors (Lipinski definition) is 4. The quantitative estimate of drug-likeness (QED) is 0.778. The van der Waals surface area contributed by atoms with Gasteiger partial charge in [0.25, 0.3) is 0 Å². The maximum absolute atomic E-state index is 11.4. The Labute approximate surface area is 104 Å². The normalized spacial score (nSPS) is 9.83. The lowest BCUT2D eigenvalue weighted by Crippen LogP contribution is -2.15. The van der Waals surface area contributed by atoms with Crippen molar-refractivity contribution in [2.45, 2.75) is 19.8 Å². The minimum atomic E-state index is -1.29. The number of carboxylic acid groups (broad SMARTS) is 1. The van der Waals surface area contributed by atoms with E-state index in [2.05, 4.69) is 5.32 Å². The monoisotopic (exact) mass is 252 g/mol. The van der Waals surface area contributed by atoms with Crippen LogP contribution in [0, 0.1) is 0 Å². The summed E-state index contributed by atoms with van der Waals surface area (Å²) in [5.74, 6) is -1.95. The first-order valence-electron chi connectivity index (χ1n) is 5.52. The molecule has 6 heteroatoms. The molecular formula is C12H14NO5-. The first-order chi connectivity index (χ1) is 8.54. The van der Waals surface area contributed by atoms with Crippen LogP contribution >= 0.6 is 0 Å². The van der Waals surface area contributed by atoms with Gasteiger partial charge in [-0.25, -0.2) is 9.59 Å². The molecule has 0 bridgehead atoms. The second-order valence-electron chi connectivity index (χ2n) is 3.63. The smallest absolute Gasteiger partial charge is 0.411 e. The molecule has 0 aliphatic carbocycles. The van der Waals surface area contributed by atoms with Gasteiger partial charge in [0.15, 0.2) is 0 Å². The highest BCUT2D eigenvalue weighted by atomic mass is 16.5. The molecule has 1 amide bonds. The molecular weight excluding hydrogens is 238 g/mol. The lowest BCUT2D eigenvalue weighted by atomic mass is 10.2. The molecule has 1 aromatic rings. The molecule has 0 fully saturated rings. The lowest BCUT2D eigenvalue weighted by molar-refractivity contribution is -0.268. The third kappa shape index (κ3) is 3.97. The first kappa shape index (κ1) is 13.8. The summed E-state index contributed by atoms with van der Waals surface area (Å²) in [4.78, 5) is 21.9. The number of carbonyl (C=O) groups excluding carboxylic acids is 1. The summed E-state index contributed by atoms with van der Waals surface area (Å²) >= 11 is 0. The number of carboxylic acids is 1. The number of hydrogen-bond donors (Lipinski definition) is 2. The van der Waals surface area contributed by atoms with Crippen molar-refractivity contribution in [3.63, 3.8) is 0 Å². The number of carbonyl (C=O) groups is 2. The predicted octanol–water partition coefficient (Wildman–Crippen LogP) is 1.81. The Morgan fingerprint density at radius 2 is 2.17 bits per heavy atom. The Bertz CT molecular complexity index is 444. The number of ether oxygens (including phenoxy) is 1. The third-order valence-corrected chi connectivity index (χ3v) is 2.19. The zero-order valence-electron chi connectivity index (χ0n) is 9.93. The third-order valence-electron chi connectivity index (χ3n) is 2.19. The molecule has 0 aliphatic rings. The number of aromatic carboxylic acids is 1. The molecule has 0 heterocycles. The minimum absolute atomic E-state index is 0.214. The van der Waals surface area contributed by atoms with Gasteiger partial charge in [0.1, 0.15) is 0 Å². The van der Waals surface area contributed by atoms with Gasteiger partial charge < -0.3 is 14.9 Å². The van der Waals surface area contributed by atoms with Gasteiger partial charge in [0.2, 0.25) is 0 Å². The van der Waals surface area contributed by atoms with E-state index in [9.17, 15) is 14.7 Å². The summed E-state index contributed by atoms with van der Waals surface area (Å²) in [7, 11) is 0. The first-order valence-corrected chi connectivity index (χ1v) is 5.52. The predicted molar refractivity (Wildman–Crippen MR) is 62.7 cm³/mol. The van der Waals surface area contributed by atoms with E-state index >= 15 is 0 Å². The average molecular weight is 252 g/mol. The van der Waals surface area contributed by atoms with Crippen molar-refractivity contribution >= 4 is 17.7 Å². The Kier molecular flexibility index (Phi) is 4.98. The molecule has 0 aromatic heterocycles. The molecule has 6 nitrogen and oxygen atoms in total. The van der Waals surface area contributed by atoms with Gasteiger partial charge in [-0.05, 0) is 24.6 Å². The fraction of sp³-hybridized carbons (Fsp3) is 0.333. The van der Waals surface area contributed by atoms with E-state index in [0.717, 1.165) is 25.0 Å². The lowest BCUT2D eigenvalue weighted by Gasteiger charge is -2.12. The number of unbranched alkanes of at least 4 members (excludes halogenated alkanes) is 1. The van der Waals surface area contributed by atoms with E-state index in [1.807, 2.05) is 6.92 Å². The van der Waals surface area contributed by atoms with Crippen LogP contribution in [0.1, 0.15) is 30.1 Å². The van der Waals surface area contributed by atoms with Crippen LogP contribution in [0.2, 0.25) is 0 Å². The largest absolute Gasteiger partial charge is 0.872 e. The van der Waals surface area contributed by atoms with Gasteiger partial charge in [-0.3, -0.25) is 5.32 Å². The molecule has 2 N–H and O–H groups in total. The summed E-state index contributed by atoms with van der Waals surface area (Å²) in [5, 5.41) is 22.4. The van der Waals surface area contributed by atoms with Crippen LogP contribution in [0.3, 0.4) is 0 Å². The minimum Gasteiger partial charge on any atom is -0.872 e. The number of amides is 1. The second kappa shape index (κ2) is 6.48. The van der Waals surface area contributed by atoms with Crippen LogP contribution in [0.25, 0.3) is 0 Å². The van der Waals surface area contributed by atoms with Crippen LogP contribution in [-0.2, 0) is 4.74 Å². The van der Waals surface area contributed by atoms with E-state index < -0.39 is 17.8 Å². The van der Waals surface area contributed by atoms with Gasteiger partial charge in [0, 0.05) is 5.69 Å². The number of nitrogens with one attached hydrogen (secondary N) is 1. The van der Waals surface area contributed by atoms with Crippen molar-refractivity contribution in [1.29, 1.82) is 0 Å². The van der Waals surface area contributed by atoms with Crippen LogP contribution in [0.5, 0.6) is 5.75 Å². The molecule has 0 spiro atoms. The van der Waals surface area contributed by atoms with Crippen LogP contribution in [0.15, 0.2) is 18.2 Å². The molecule has 0 atom stereocenters. The van der Waals surface area contributed by atoms with Crippen molar-refractivity contribution < 1.29 is 24.5 Å². The Morgan fingerprint density at radius 1 is 1.44 bits per heavy atom. The Morgan fingerprint density at radius 3 is 2.72 bits per heavy atom. The van der Waals surface area contributed by atoms with Crippen molar-refractivity contribution in [2.75, 3.05) is 11.9 Å². The molecule has 18 heavy (non-hydrogen) atoms. The van der Waals surface area contributed by atoms with Crippen LogP contribution in [-0.4, -0.2) is 23.8 Å². The van der Waals surface area contributed by atoms with E-state index in [1.54, 1.807) is 0 Å². The molecule has 1 rings (SSSR count). The van der Waals surface area contributed by atoms with Crippen molar-refractivity contribution in [1.82, 2.24) is 0 Å². The zero-order valence-corrected chi connectivity index (χ0v) is 9.93. The highest BCUT2D eigenvalue weighted by molar-refractivity contribution is 5.92. The van der Waals surface area contributed by atoms with E-state index in [1.165, 1.54) is 6.07 Å². The highest BCUT2D eigenvalue weighted by Crippen LogP contribution is 2.19. The van der Waals surface area contributed by atoms with Gasteiger partial charge >= 0.3 is 12.1 Å². The Balaban J connectivity index is 2.60. The average Bonchev–Trinajstić information content (AvgIpc) is 2.28. The molecule has 0 saturated carbocycles. The highest BCUT2D eigenvalue weighted by Gasteiger charge is 2.06. The van der Waals surface area contributed by atoms with Gasteiger partial charge in [-0.2, -0.15) is 0 Å². The fourth-order valence-corrected chi connectivity index (χ4v) is 1.24. The summed E-state index contributed by atoms with van der Waals surface area (Å²) in [6.07, 6.45) is 1.01. The standard InChI is InChI=1S/C12H15NO5/c1-2-3-6-18-12(17)13-8-4-5-9(11(15)16)10(14)7-8/h4-5,7,14H,2-3,6H2,1H3,(H,13,17)(H,15,16)/p-1. The molecule has 1 aromatic carbocycles. The van der Waals surface area contributed by atoms with Crippen molar-refractivity contribution in [3.05, 3.63) is 23.8 Å². The van der Waals surface area contributed by atoms with Crippen molar-refractivity contribution in [2.24, 2.45) is 0 Å².